The zero-order valence-electron chi connectivity index (χ0n) is 14.5. The number of anilines is 2. The average Bonchev–Trinajstić information content (AvgIpc) is 2.98. The lowest BCUT2D eigenvalue weighted by atomic mass is 9.96. The van der Waals surface area contributed by atoms with Crippen LogP contribution in [0.3, 0.4) is 0 Å². The van der Waals surface area contributed by atoms with E-state index in [1.807, 2.05) is 0 Å². The summed E-state index contributed by atoms with van der Waals surface area (Å²) in [5.41, 5.74) is 3.90. The van der Waals surface area contributed by atoms with Gasteiger partial charge in [0.1, 0.15) is 22.5 Å². The van der Waals surface area contributed by atoms with Crippen LogP contribution in [0.5, 0.6) is 0 Å². The number of nitrogens with one attached hydrogen (secondary N) is 1. The molecule has 0 aliphatic heterocycles. The number of pyridine rings is 1. The summed E-state index contributed by atoms with van der Waals surface area (Å²) in [5, 5.41) is 13.2. The normalized spacial score (nSPS) is 11.4. The van der Waals surface area contributed by atoms with Gasteiger partial charge in [-0.3, -0.25) is 4.79 Å². The molecule has 0 saturated heterocycles. The number of aliphatic hydroxyl groups is 1. The first-order valence-electron chi connectivity index (χ1n) is 7.93. The van der Waals surface area contributed by atoms with Gasteiger partial charge < -0.3 is 16.2 Å². The molecule has 3 aromatic rings. The molecule has 1 aromatic carbocycles. The third-order valence-electron chi connectivity index (χ3n) is 3.84. The minimum Gasteiger partial charge on any atom is -0.386 e. The summed E-state index contributed by atoms with van der Waals surface area (Å²) in [7, 11) is 0. The molecule has 3 rings (SSSR count). The van der Waals surface area contributed by atoms with E-state index in [4.69, 9.17) is 5.73 Å². The average molecular weight is 388 g/mol. The van der Waals surface area contributed by atoms with Crippen LogP contribution < -0.4 is 11.1 Å². The van der Waals surface area contributed by atoms with Crippen molar-refractivity contribution in [1.82, 2.24) is 4.98 Å². The number of thiophene rings is 1. The Labute approximate surface area is 158 Å². The van der Waals surface area contributed by atoms with Crippen molar-refractivity contribution in [3.05, 3.63) is 65.4 Å². The van der Waals surface area contributed by atoms with E-state index in [9.17, 15) is 18.7 Å². The predicted molar refractivity (Wildman–Crippen MR) is 99.8 cm³/mol. The van der Waals surface area contributed by atoms with Crippen molar-refractivity contribution in [2.45, 2.75) is 19.4 Å². The second kappa shape index (κ2) is 7.05. The number of nitrogens with two attached hydrogens (primary N) is 1. The number of aromatic nitrogens is 1. The Morgan fingerprint density at radius 3 is 2.48 bits per heavy atom. The second-order valence-electron chi connectivity index (χ2n) is 6.37. The molecular weight excluding hydrogens is 372 g/mol. The van der Waals surface area contributed by atoms with Crippen LogP contribution in [0.25, 0.3) is 10.4 Å². The number of nitrogens with zero attached hydrogens (tertiary/aromatic N) is 1. The Balaban J connectivity index is 2.08. The number of primary amides is 1. The van der Waals surface area contributed by atoms with Gasteiger partial charge in [0, 0.05) is 4.88 Å². The van der Waals surface area contributed by atoms with E-state index in [1.54, 1.807) is 18.2 Å². The maximum Gasteiger partial charge on any atom is 0.251 e. The molecule has 139 valence electrons. The Kier molecular flexibility index (Phi) is 4.95. The molecule has 0 spiro atoms. The van der Waals surface area contributed by atoms with Gasteiger partial charge >= 0.3 is 0 Å². The maximum absolute atomic E-state index is 14.6. The number of amides is 1. The molecule has 2 heterocycles. The fourth-order valence-electron chi connectivity index (χ4n) is 2.46. The summed E-state index contributed by atoms with van der Waals surface area (Å²) in [5.74, 6) is -2.02. The number of carbonyl (C=O) groups excluding carboxylic acids is 1. The lowest BCUT2D eigenvalue weighted by molar-refractivity contribution is 0.0778. The molecule has 0 bridgehead atoms. The van der Waals surface area contributed by atoms with Gasteiger partial charge in [-0.25, -0.2) is 13.8 Å². The zero-order chi connectivity index (χ0) is 19.8. The quantitative estimate of drug-likeness (QED) is 0.617. The number of halogens is 2. The van der Waals surface area contributed by atoms with Crippen LogP contribution in [0.4, 0.5) is 19.6 Å². The molecule has 0 fully saturated rings. The van der Waals surface area contributed by atoms with Crippen LogP contribution in [0.1, 0.15) is 29.8 Å². The Bertz CT molecular complexity index is 975. The van der Waals surface area contributed by atoms with Crippen molar-refractivity contribution in [3.8, 4) is 10.4 Å². The van der Waals surface area contributed by atoms with Gasteiger partial charge in [-0.15, -0.1) is 11.3 Å². The highest BCUT2D eigenvalue weighted by atomic mass is 32.1. The number of benzene rings is 1. The largest absolute Gasteiger partial charge is 0.386 e. The van der Waals surface area contributed by atoms with E-state index in [0.29, 0.717) is 10.8 Å². The second-order valence-corrected chi connectivity index (χ2v) is 7.42. The third-order valence-corrected chi connectivity index (χ3v) is 4.91. The van der Waals surface area contributed by atoms with Crippen LogP contribution in [0.15, 0.2) is 36.4 Å². The standard InChI is InChI=1S/C19H16F2N3O2S/c1-19(2,26)10-7-12(20)16(13(21)8-10)14-9-11(17(22)25)18(27-14)24-15-5-3-4-6-23-15/h3-5,7-9,26H,1-2H3,(H2,22,25)(H,23,24). The van der Waals surface area contributed by atoms with Crippen molar-refractivity contribution in [1.29, 1.82) is 0 Å². The molecule has 0 aliphatic rings. The van der Waals surface area contributed by atoms with Crippen LogP contribution in [0, 0.1) is 17.8 Å². The molecule has 0 atom stereocenters. The van der Waals surface area contributed by atoms with Crippen LogP contribution >= 0.6 is 11.3 Å². The van der Waals surface area contributed by atoms with Crippen molar-refractivity contribution >= 4 is 28.1 Å². The summed E-state index contributed by atoms with van der Waals surface area (Å²) in [6.45, 7) is 2.87. The molecule has 1 radical (unpaired) electrons. The van der Waals surface area contributed by atoms with Crippen molar-refractivity contribution in [3.63, 3.8) is 0 Å². The van der Waals surface area contributed by atoms with Gasteiger partial charge in [0.15, 0.2) is 0 Å². The fraction of sp³-hybridized carbons (Fsp3) is 0.158. The minimum absolute atomic E-state index is 0.0889. The molecule has 2 aromatic heterocycles. The fourth-order valence-corrected chi connectivity index (χ4v) is 3.58. The minimum atomic E-state index is -1.39. The van der Waals surface area contributed by atoms with Gasteiger partial charge in [-0.1, -0.05) is 6.07 Å². The van der Waals surface area contributed by atoms with E-state index < -0.39 is 23.1 Å². The lowest BCUT2D eigenvalue weighted by Gasteiger charge is -2.18. The van der Waals surface area contributed by atoms with E-state index in [0.717, 1.165) is 23.5 Å². The van der Waals surface area contributed by atoms with Gasteiger partial charge in [0.05, 0.1) is 22.9 Å². The Hall–Kier alpha value is -2.84. The molecule has 4 N–H and O–H groups in total. The molecule has 8 heteroatoms. The van der Waals surface area contributed by atoms with Gasteiger partial charge in [-0.05, 0) is 49.7 Å². The molecular formula is C19H16F2N3O2S. The summed E-state index contributed by atoms with van der Waals surface area (Å²) in [4.78, 5) is 15.9. The molecule has 1 amide bonds. The highest BCUT2D eigenvalue weighted by Gasteiger charge is 2.24. The Morgan fingerprint density at radius 1 is 1.30 bits per heavy atom. The number of hydrogen-bond acceptors (Lipinski definition) is 5. The summed E-state index contributed by atoms with van der Waals surface area (Å²) in [6, 6.07) is 8.43. The maximum atomic E-state index is 14.6. The van der Waals surface area contributed by atoms with Crippen molar-refractivity contribution < 1.29 is 18.7 Å². The van der Waals surface area contributed by atoms with E-state index >= 15 is 0 Å². The Morgan fingerprint density at radius 2 is 1.96 bits per heavy atom. The molecule has 0 aliphatic carbocycles. The number of carbonyl (C=O) groups is 1. The van der Waals surface area contributed by atoms with Gasteiger partial charge in [-0.2, -0.15) is 0 Å². The lowest BCUT2D eigenvalue weighted by Crippen LogP contribution is -2.16. The number of hydrogen-bond donors (Lipinski definition) is 3. The molecule has 0 unspecified atom stereocenters. The van der Waals surface area contributed by atoms with Crippen LogP contribution in [-0.2, 0) is 5.60 Å². The summed E-state index contributed by atoms with van der Waals surface area (Å²) in [6.07, 6.45) is 2.64. The van der Waals surface area contributed by atoms with E-state index in [1.165, 1.54) is 19.9 Å². The molecule has 5 nitrogen and oxygen atoms in total. The third kappa shape index (κ3) is 3.96. The molecule has 0 saturated carbocycles. The first kappa shape index (κ1) is 18.9. The first-order chi connectivity index (χ1) is 12.7. The van der Waals surface area contributed by atoms with Crippen molar-refractivity contribution in [2.24, 2.45) is 5.73 Å². The highest BCUT2D eigenvalue weighted by Crippen LogP contribution is 2.40. The highest BCUT2D eigenvalue weighted by molar-refractivity contribution is 7.20. The van der Waals surface area contributed by atoms with Gasteiger partial charge in [0.2, 0.25) is 0 Å². The predicted octanol–water partition coefficient (Wildman–Crippen LogP) is 3.96. The first-order valence-corrected chi connectivity index (χ1v) is 8.74. The van der Waals surface area contributed by atoms with Crippen LogP contribution in [0.2, 0.25) is 0 Å². The monoisotopic (exact) mass is 388 g/mol. The van der Waals surface area contributed by atoms with Gasteiger partial charge in [0.25, 0.3) is 5.91 Å². The van der Waals surface area contributed by atoms with Crippen LogP contribution in [-0.4, -0.2) is 16.0 Å². The smallest absolute Gasteiger partial charge is 0.251 e. The summed E-state index contributed by atoms with van der Waals surface area (Å²) < 4.78 is 29.2. The van der Waals surface area contributed by atoms with Crippen molar-refractivity contribution in [2.75, 3.05) is 5.32 Å². The number of rotatable bonds is 5. The zero-order valence-corrected chi connectivity index (χ0v) is 15.3. The SMILES string of the molecule is CC(C)(O)c1cc(F)c(-c2cc(C(N)=O)c(Nc3ccc[c]n3)s2)c(F)c1. The van der Waals surface area contributed by atoms with E-state index in [-0.39, 0.29) is 21.6 Å². The topological polar surface area (TPSA) is 88.2 Å². The summed E-state index contributed by atoms with van der Waals surface area (Å²) >= 11 is 0.969. The van der Waals surface area contributed by atoms with E-state index in [2.05, 4.69) is 16.5 Å². The molecule has 27 heavy (non-hydrogen) atoms.